The molecule has 0 aliphatic rings. The van der Waals surface area contributed by atoms with Crippen LogP contribution in [0.3, 0.4) is 0 Å². The smallest absolute Gasteiger partial charge is 0.406 e. The predicted octanol–water partition coefficient (Wildman–Crippen LogP) is 4.63. The first-order valence-corrected chi connectivity index (χ1v) is 5.72. The van der Waals surface area contributed by atoms with Gasteiger partial charge in [-0.05, 0) is 42.2 Å². The zero-order chi connectivity index (χ0) is 13.9. The highest BCUT2D eigenvalue weighted by Gasteiger charge is 2.30. The van der Waals surface area contributed by atoms with Crippen molar-refractivity contribution in [2.45, 2.75) is 12.8 Å². The molecular formula is C15H12F3O. The lowest BCUT2D eigenvalue weighted by Crippen LogP contribution is -2.16. The van der Waals surface area contributed by atoms with Crippen LogP contribution >= 0.6 is 0 Å². The van der Waals surface area contributed by atoms with E-state index in [0.29, 0.717) is 6.42 Å². The van der Waals surface area contributed by atoms with E-state index in [1.807, 2.05) is 24.3 Å². The summed E-state index contributed by atoms with van der Waals surface area (Å²) in [5, 5.41) is 0. The number of halogens is 3. The van der Waals surface area contributed by atoms with E-state index in [2.05, 4.69) is 11.7 Å². The molecule has 0 amide bonds. The maximum atomic E-state index is 12.0. The average molecular weight is 265 g/mol. The van der Waals surface area contributed by atoms with Gasteiger partial charge < -0.3 is 4.74 Å². The van der Waals surface area contributed by atoms with Crippen LogP contribution in [-0.2, 0) is 6.42 Å². The van der Waals surface area contributed by atoms with E-state index in [1.165, 1.54) is 12.1 Å². The third-order valence-electron chi connectivity index (χ3n) is 2.66. The zero-order valence-electron chi connectivity index (χ0n) is 10.1. The fourth-order valence-electron chi connectivity index (χ4n) is 1.71. The second kappa shape index (κ2) is 5.34. The van der Waals surface area contributed by atoms with Gasteiger partial charge in [0.15, 0.2) is 0 Å². The van der Waals surface area contributed by atoms with Crippen molar-refractivity contribution in [2.24, 2.45) is 0 Å². The van der Waals surface area contributed by atoms with Gasteiger partial charge in [-0.1, -0.05) is 36.4 Å². The molecule has 0 aliphatic heterocycles. The average Bonchev–Trinajstić information content (AvgIpc) is 2.38. The molecule has 19 heavy (non-hydrogen) atoms. The van der Waals surface area contributed by atoms with E-state index in [9.17, 15) is 13.2 Å². The van der Waals surface area contributed by atoms with Crippen molar-refractivity contribution in [3.63, 3.8) is 0 Å². The Bertz CT molecular complexity index is 527. The van der Waals surface area contributed by atoms with Crippen LogP contribution in [0.2, 0.25) is 0 Å². The van der Waals surface area contributed by atoms with Gasteiger partial charge in [0, 0.05) is 0 Å². The van der Waals surface area contributed by atoms with E-state index < -0.39 is 6.36 Å². The molecular weight excluding hydrogens is 253 g/mol. The Morgan fingerprint density at radius 1 is 0.842 bits per heavy atom. The molecule has 0 unspecified atom stereocenters. The normalized spacial score (nSPS) is 11.4. The Kier molecular flexibility index (Phi) is 3.79. The molecule has 0 spiro atoms. The van der Waals surface area contributed by atoms with Gasteiger partial charge in [0.1, 0.15) is 5.75 Å². The standard InChI is InChI=1S/C15H12F3O/c1-2-11-3-5-12(6-4-11)13-7-9-14(10-8-13)19-15(16,17)18/h3-10H,1-2H2. The lowest BCUT2D eigenvalue weighted by Gasteiger charge is -2.09. The molecule has 2 rings (SSSR count). The van der Waals surface area contributed by atoms with E-state index in [4.69, 9.17) is 0 Å². The molecule has 0 heterocycles. The molecule has 4 heteroatoms. The lowest BCUT2D eigenvalue weighted by atomic mass is 10.0. The second-order valence-corrected chi connectivity index (χ2v) is 4.02. The number of benzene rings is 2. The van der Waals surface area contributed by atoms with Gasteiger partial charge in [0.25, 0.3) is 0 Å². The molecule has 0 N–H and O–H groups in total. The van der Waals surface area contributed by atoms with Crippen LogP contribution in [0.5, 0.6) is 5.75 Å². The number of hydrogen-bond donors (Lipinski definition) is 0. The van der Waals surface area contributed by atoms with Crippen molar-refractivity contribution in [1.82, 2.24) is 0 Å². The molecule has 0 fully saturated rings. The molecule has 0 aromatic heterocycles. The second-order valence-electron chi connectivity index (χ2n) is 4.02. The van der Waals surface area contributed by atoms with Gasteiger partial charge in [-0.25, -0.2) is 0 Å². The maximum absolute atomic E-state index is 12.0. The summed E-state index contributed by atoms with van der Waals surface area (Å²) in [7, 11) is 0. The first-order valence-electron chi connectivity index (χ1n) is 5.72. The molecule has 0 saturated carbocycles. The first-order chi connectivity index (χ1) is 8.98. The quantitative estimate of drug-likeness (QED) is 0.786. The molecule has 2 aromatic rings. The van der Waals surface area contributed by atoms with Crippen molar-refractivity contribution in [3.05, 3.63) is 61.0 Å². The van der Waals surface area contributed by atoms with Crippen LogP contribution in [0.4, 0.5) is 13.2 Å². The Balaban J connectivity index is 2.17. The molecule has 0 bridgehead atoms. The van der Waals surface area contributed by atoms with Gasteiger partial charge in [0.05, 0.1) is 0 Å². The van der Waals surface area contributed by atoms with Crippen molar-refractivity contribution in [2.75, 3.05) is 0 Å². The van der Waals surface area contributed by atoms with E-state index in [-0.39, 0.29) is 5.75 Å². The van der Waals surface area contributed by atoms with Crippen LogP contribution in [0.1, 0.15) is 5.56 Å². The van der Waals surface area contributed by atoms with Crippen LogP contribution in [0.25, 0.3) is 11.1 Å². The minimum Gasteiger partial charge on any atom is -0.406 e. The van der Waals surface area contributed by atoms with E-state index >= 15 is 0 Å². The summed E-state index contributed by atoms with van der Waals surface area (Å²) in [6, 6.07) is 13.5. The maximum Gasteiger partial charge on any atom is 0.573 e. The van der Waals surface area contributed by atoms with Gasteiger partial charge in [0.2, 0.25) is 0 Å². The fraction of sp³-hybridized carbons (Fsp3) is 0.133. The Morgan fingerprint density at radius 3 is 1.74 bits per heavy atom. The lowest BCUT2D eigenvalue weighted by molar-refractivity contribution is -0.274. The highest BCUT2D eigenvalue weighted by Crippen LogP contribution is 2.26. The van der Waals surface area contributed by atoms with Crippen LogP contribution in [-0.4, -0.2) is 6.36 Å². The molecule has 1 nitrogen and oxygen atoms in total. The fourth-order valence-corrected chi connectivity index (χ4v) is 1.71. The Hall–Kier alpha value is -1.97. The zero-order valence-corrected chi connectivity index (χ0v) is 10.1. The number of alkyl halides is 3. The first kappa shape index (κ1) is 13.5. The summed E-state index contributed by atoms with van der Waals surface area (Å²) in [5.41, 5.74) is 2.89. The van der Waals surface area contributed by atoms with Crippen LogP contribution in [0, 0.1) is 6.92 Å². The number of ether oxygens (including phenoxy) is 1. The van der Waals surface area contributed by atoms with Crippen LogP contribution < -0.4 is 4.74 Å². The summed E-state index contributed by atoms with van der Waals surface area (Å²) >= 11 is 0. The molecule has 2 aromatic carbocycles. The van der Waals surface area contributed by atoms with Crippen LogP contribution in [0.15, 0.2) is 48.5 Å². The molecule has 0 saturated heterocycles. The molecule has 0 aliphatic carbocycles. The minimum atomic E-state index is -4.66. The highest BCUT2D eigenvalue weighted by atomic mass is 19.4. The largest absolute Gasteiger partial charge is 0.573 e. The molecule has 0 atom stereocenters. The Labute approximate surface area is 109 Å². The monoisotopic (exact) mass is 265 g/mol. The van der Waals surface area contributed by atoms with Gasteiger partial charge in [-0.3, -0.25) is 0 Å². The highest BCUT2D eigenvalue weighted by molar-refractivity contribution is 5.64. The summed E-state index contributed by atoms with van der Waals surface area (Å²) in [4.78, 5) is 0. The summed E-state index contributed by atoms with van der Waals surface area (Å²) in [6.45, 7) is 3.78. The van der Waals surface area contributed by atoms with Gasteiger partial charge in [-0.15, -0.1) is 13.2 Å². The summed E-state index contributed by atoms with van der Waals surface area (Å²) in [6.07, 6.45) is -3.95. The van der Waals surface area contributed by atoms with Crippen molar-refractivity contribution < 1.29 is 17.9 Å². The molecule has 99 valence electrons. The van der Waals surface area contributed by atoms with Crippen molar-refractivity contribution in [1.29, 1.82) is 0 Å². The SMILES string of the molecule is [CH2]Cc1ccc(-c2ccc(OC(F)(F)F)cc2)cc1. The third-order valence-corrected chi connectivity index (χ3v) is 2.66. The topological polar surface area (TPSA) is 9.23 Å². The summed E-state index contributed by atoms with van der Waals surface area (Å²) in [5.74, 6) is -0.217. The van der Waals surface area contributed by atoms with E-state index in [0.717, 1.165) is 16.7 Å². The van der Waals surface area contributed by atoms with Gasteiger partial charge >= 0.3 is 6.36 Å². The van der Waals surface area contributed by atoms with Crippen molar-refractivity contribution >= 4 is 0 Å². The van der Waals surface area contributed by atoms with Crippen molar-refractivity contribution in [3.8, 4) is 16.9 Å². The van der Waals surface area contributed by atoms with Gasteiger partial charge in [-0.2, -0.15) is 0 Å². The third kappa shape index (κ3) is 3.74. The minimum absolute atomic E-state index is 0.217. The predicted molar refractivity (Wildman–Crippen MR) is 67.6 cm³/mol. The number of rotatable bonds is 3. The molecule has 1 radical (unpaired) electrons. The van der Waals surface area contributed by atoms with E-state index in [1.54, 1.807) is 12.1 Å². The Morgan fingerprint density at radius 2 is 1.32 bits per heavy atom. The number of hydrogen-bond acceptors (Lipinski definition) is 1. The summed E-state index contributed by atoms with van der Waals surface area (Å²) < 4.78 is 39.9.